The summed E-state index contributed by atoms with van der Waals surface area (Å²) in [7, 11) is 0. The smallest absolute Gasteiger partial charge is 0.224 e. The summed E-state index contributed by atoms with van der Waals surface area (Å²) < 4.78 is 0. The van der Waals surface area contributed by atoms with E-state index < -0.39 is 0 Å². The summed E-state index contributed by atoms with van der Waals surface area (Å²) in [5, 5.41) is 15.5. The summed E-state index contributed by atoms with van der Waals surface area (Å²) in [5.74, 6) is 0.577. The lowest BCUT2D eigenvalue weighted by Crippen LogP contribution is -2.23. The molecule has 2 rings (SSSR count). The Hall–Kier alpha value is -1.67. The molecule has 0 amide bonds. The Bertz CT molecular complexity index is 415. The largest absolute Gasteiger partial charge is 0.351 e. The lowest BCUT2D eigenvalue weighted by atomic mass is 10.1. The summed E-state index contributed by atoms with van der Waals surface area (Å²) in [6, 6.07) is 4.15. The quantitative estimate of drug-likeness (QED) is 0.800. The van der Waals surface area contributed by atoms with Gasteiger partial charge in [-0.15, -0.1) is 0 Å². The fraction of sp³-hybridized carbons (Fsp3) is 0.583. The minimum atomic E-state index is 0.401. The molecule has 1 saturated heterocycles. The van der Waals surface area contributed by atoms with Crippen molar-refractivity contribution in [3.05, 3.63) is 17.5 Å². The molecule has 0 aliphatic carbocycles. The Morgan fingerprint density at radius 2 is 2.29 bits per heavy atom. The Kier molecular flexibility index (Phi) is 3.89. The fourth-order valence-corrected chi connectivity index (χ4v) is 2.04. The van der Waals surface area contributed by atoms with Crippen molar-refractivity contribution >= 4 is 5.95 Å². The zero-order valence-electron chi connectivity index (χ0n) is 10.0. The van der Waals surface area contributed by atoms with Crippen molar-refractivity contribution in [2.75, 3.05) is 18.4 Å². The number of aromatic nitrogens is 2. The highest BCUT2D eigenvalue weighted by atomic mass is 15.1. The van der Waals surface area contributed by atoms with E-state index in [0.717, 1.165) is 38.0 Å². The predicted octanol–water partition coefficient (Wildman–Crippen LogP) is 1.21. The van der Waals surface area contributed by atoms with E-state index >= 15 is 0 Å². The molecule has 1 aliphatic rings. The van der Waals surface area contributed by atoms with Gasteiger partial charge >= 0.3 is 0 Å². The third kappa shape index (κ3) is 3.40. The van der Waals surface area contributed by atoms with E-state index in [0.29, 0.717) is 17.7 Å². The maximum Gasteiger partial charge on any atom is 0.224 e. The van der Waals surface area contributed by atoms with Crippen LogP contribution in [0.5, 0.6) is 0 Å². The molecule has 2 N–H and O–H groups in total. The van der Waals surface area contributed by atoms with E-state index in [9.17, 15) is 0 Å². The number of nitrogens with zero attached hydrogens (tertiary/aromatic N) is 3. The highest BCUT2D eigenvalue weighted by molar-refractivity contribution is 5.33. The van der Waals surface area contributed by atoms with Crippen LogP contribution < -0.4 is 10.6 Å². The van der Waals surface area contributed by atoms with E-state index in [2.05, 4.69) is 26.7 Å². The van der Waals surface area contributed by atoms with E-state index in [1.807, 2.05) is 6.92 Å². The van der Waals surface area contributed by atoms with Crippen LogP contribution in [0, 0.1) is 18.3 Å². The van der Waals surface area contributed by atoms with Crippen molar-refractivity contribution in [1.29, 1.82) is 5.26 Å². The maximum absolute atomic E-state index is 8.86. The van der Waals surface area contributed by atoms with Gasteiger partial charge in [-0.05, 0) is 45.3 Å². The highest BCUT2D eigenvalue weighted by Crippen LogP contribution is 2.11. The Labute approximate surface area is 101 Å². The second-order valence-electron chi connectivity index (χ2n) is 4.35. The van der Waals surface area contributed by atoms with Gasteiger partial charge in [0.2, 0.25) is 5.95 Å². The van der Waals surface area contributed by atoms with Gasteiger partial charge in [-0.2, -0.15) is 5.26 Å². The van der Waals surface area contributed by atoms with Gasteiger partial charge in [0, 0.05) is 11.7 Å². The summed E-state index contributed by atoms with van der Waals surface area (Å²) in [6.45, 7) is 3.98. The zero-order valence-corrected chi connectivity index (χ0v) is 10.0. The number of rotatable bonds is 2. The average Bonchev–Trinajstić information content (AvgIpc) is 2.57. The number of hydrogen-bond donors (Lipinski definition) is 2. The van der Waals surface area contributed by atoms with Crippen molar-refractivity contribution in [2.24, 2.45) is 0 Å². The first kappa shape index (κ1) is 11.8. The van der Waals surface area contributed by atoms with Crippen molar-refractivity contribution in [1.82, 2.24) is 15.3 Å². The number of nitrogens with one attached hydrogen (secondary N) is 2. The van der Waals surface area contributed by atoms with Crippen molar-refractivity contribution in [3.63, 3.8) is 0 Å². The van der Waals surface area contributed by atoms with Gasteiger partial charge in [-0.1, -0.05) is 0 Å². The molecule has 90 valence electrons. The van der Waals surface area contributed by atoms with Gasteiger partial charge < -0.3 is 10.6 Å². The van der Waals surface area contributed by atoms with Crippen LogP contribution in [0.15, 0.2) is 6.07 Å². The van der Waals surface area contributed by atoms with Gasteiger partial charge in [0.25, 0.3) is 0 Å². The normalized spacial score (nSPS) is 20.4. The molecular formula is C12H17N5. The molecule has 5 heteroatoms. The number of nitriles is 1. The van der Waals surface area contributed by atoms with Crippen molar-refractivity contribution < 1.29 is 0 Å². The molecule has 1 atom stereocenters. The average molecular weight is 231 g/mol. The molecule has 1 fully saturated rings. The molecule has 1 unspecified atom stereocenters. The number of hydrogen-bond acceptors (Lipinski definition) is 5. The first-order chi connectivity index (χ1) is 8.28. The Balaban J connectivity index is 2.06. The predicted molar refractivity (Wildman–Crippen MR) is 65.6 cm³/mol. The molecule has 17 heavy (non-hydrogen) atoms. The first-order valence-electron chi connectivity index (χ1n) is 6.01. The zero-order chi connectivity index (χ0) is 12.1. The summed E-state index contributed by atoms with van der Waals surface area (Å²) in [4.78, 5) is 8.49. The minimum absolute atomic E-state index is 0.401. The van der Waals surface area contributed by atoms with E-state index in [1.165, 1.54) is 0 Å². The van der Waals surface area contributed by atoms with Gasteiger partial charge in [0.15, 0.2) is 0 Å². The topological polar surface area (TPSA) is 73.6 Å². The van der Waals surface area contributed by atoms with Gasteiger partial charge in [0.05, 0.1) is 0 Å². The van der Waals surface area contributed by atoms with Crippen LogP contribution in [0.3, 0.4) is 0 Å². The van der Waals surface area contributed by atoms with Crippen molar-refractivity contribution in [3.8, 4) is 6.07 Å². The molecule has 0 bridgehead atoms. The molecule has 0 radical (unpaired) electrons. The Morgan fingerprint density at radius 3 is 3.12 bits per heavy atom. The molecule has 5 nitrogen and oxygen atoms in total. The number of aryl methyl sites for hydroxylation is 1. The molecule has 1 aromatic rings. The monoisotopic (exact) mass is 231 g/mol. The van der Waals surface area contributed by atoms with Crippen molar-refractivity contribution in [2.45, 2.75) is 32.2 Å². The molecular weight excluding hydrogens is 214 g/mol. The molecule has 1 aromatic heterocycles. The van der Waals surface area contributed by atoms with Gasteiger partial charge in [-0.25, -0.2) is 9.97 Å². The van der Waals surface area contributed by atoms with Crippen LogP contribution in [0.4, 0.5) is 5.95 Å². The highest BCUT2D eigenvalue weighted by Gasteiger charge is 2.13. The summed E-state index contributed by atoms with van der Waals surface area (Å²) in [6.07, 6.45) is 3.35. The SMILES string of the molecule is Cc1cc(C#N)nc(NC2CCCNCC2)n1. The second-order valence-corrected chi connectivity index (χ2v) is 4.35. The number of anilines is 1. The maximum atomic E-state index is 8.86. The second kappa shape index (κ2) is 5.60. The summed E-state index contributed by atoms with van der Waals surface area (Å²) in [5.41, 5.74) is 1.25. The minimum Gasteiger partial charge on any atom is -0.351 e. The Morgan fingerprint density at radius 1 is 1.41 bits per heavy atom. The van der Waals surface area contributed by atoms with Crippen LogP contribution in [0.2, 0.25) is 0 Å². The third-order valence-electron chi connectivity index (χ3n) is 2.88. The third-order valence-corrected chi connectivity index (χ3v) is 2.88. The summed E-state index contributed by atoms with van der Waals surface area (Å²) >= 11 is 0. The molecule has 0 spiro atoms. The molecule has 0 aromatic carbocycles. The van der Waals surface area contributed by atoms with E-state index in [-0.39, 0.29) is 0 Å². The molecule has 0 saturated carbocycles. The lowest BCUT2D eigenvalue weighted by Gasteiger charge is -2.15. The molecule has 2 heterocycles. The van der Waals surface area contributed by atoms with Gasteiger partial charge in [0.1, 0.15) is 11.8 Å². The van der Waals surface area contributed by atoms with Crippen LogP contribution in [-0.4, -0.2) is 29.1 Å². The van der Waals surface area contributed by atoms with Crippen LogP contribution in [-0.2, 0) is 0 Å². The van der Waals surface area contributed by atoms with Crippen LogP contribution in [0.25, 0.3) is 0 Å². The fourth-order valence-electron chi connectivity index (χ4n) is 2.04. The lowest BCUT2D eigenvalue weighted by molar-refractivity contribution is 0.631. The van der Waals surface area contributed by atoms with Crippen LogP contribution in [0.1, 0.15) is 30.7 Å². The van der Waals surface area contributed by atoms with E-state index in [4.69, 9.17) is 5.26 Å². The van der Waals surface area contributed by atoms with Crippen LogP contribution >= 0.6 is 0 Å². The molecule has 1 aliphatic heterocycles. The van der Waals surface area contributed by atoms with Gasteiger partial charge in [-0.3, -0.25) is 0 Å². The van der Waals surface area contributed by atoms with E-state index in [1.54, 1.807) is 6.07 Å². The first-order valence-corrected chi connectivity index (χ1v) is 6.01. The standard InChI is InChI=1S/C12H17N5/c1-9-7-11(8-13)17-12(15-9)16-10-3-2-5-14-6-4-10/h7,10,14H,2-6H2,1H3,(H,15,16,17).